The Morgan fingerprint density at radius 3 is 1.19 bits per heavy atom. The molecule has 21 heavy (non-hydrogen) atoms. The molecule has 0 atom stereocenters. The van der Waals surface area contributed by atoms with E-state index in [0.29, 0.717) is 26.2 Å². The Bertz CT molecular complexity index is 173. The number of nitrogens with zero attached hydrogens (tertiary/aromatic N) is 2. The summed E-state index contributed by atoms with van der Waals surface area (Å²) in [6.07, 6.45) is 4.31. The molecular weight excluding hydrogens is 264 g/mol. The smallest absolute Gasteiger partial charge is 0.0110 e. The molecule has 6 nitrogen and oxygen atoms in total. The van der Waals surface area contributed by atoms with Crippen molar-refractivity contribution in [1.29, 1.82) is 0 Å². The standard InChI is InChI=1S/C10H28N6.C5H10/c11-1-5-15(6-2-12)9-10-16(7-3-13)8-4-14;1-3-5-4-2/h1-14H2;3H,1,4-5H2,2H3. The Morgan fingerprint density at radius 1 is 0.714 bits per heavy atom. The first-order valence-electron chi connectivity index (χ1n) is 8.05. The van der Waals surface area contributed by atoms with Crippen molar-refractivity contribution in [3.63, 3.8) is 0 Å². The van der Waals surface area contributed by atoms with E-state index < -0.39 is 0 Å². The average Bonchev–Trinajstić information content (AvgIpc) is 2.47. The van der Waals surface area contributed by atoms with Crippen molar-refractivity contribution in [2.24, 2.45) is 22.9 Å². The molecule has 0 bridgehead atoms. The summed E-state index contributed by atoms with van der Waals surface area (Å²) < 4.78 is 0. The number of allylic oxidation sites excluding steroid dienone is 1. The van der Waals surface area contributed by atoms with Gasteiger partial charge in [-0.05, 0) is 6.42 Å². The van der Waals surface area contributed by atoms with Gasteiger partial charge in [-0.15, -0.1) is 6.58 Å². The van der Waals surface area contributed by atoms with E-state index in [0.717, 1.165) is 45.7 Å². The largest absolute Gasteiger partial charge is 0.329 e. The summed E-state index contributed by atoms with van der Waals surface area (Å²) in [5.41, 5.74) is 22.2. The topological polar surface area (TPSA) is 111 Å². The van der Waals surface area contributed by atoms with Crippen LogP contribution >= 0.6 is 0 Å². The van der Waals surface area contributed by atoms with E-state index in [2.05, 4.69) is 23.3 Å². The van der Waals surface area contributed by atoms with E-state index in [1.807, 2.05) is 6.08 Å². The zero-order valence-corrected chi connectivity index (χ0v) is 14.0. The van der Waals surface area contributed by atoms with Crippen LogP contribution in [0.3, 0.4) is 0 Å². The minimum atomic E-state index is 0.674. The van der Waals surface area contributed by atoms with Crippen LogP contribution in [0.15, 0.2) is 12.7 Å². The maximum Gasteiger partial charge on any atom is 0.0110 e. The maximum absolute atomic E-state index is 5.55. The highest BCUT2D eigenvalue weighted by Crippen LogP contribution is 1.91. The summed E-state index contributed by atoms with van der Waals surface area (Å²) in [5, 5.41) is 0. The molecular formula is C15H38N6. The van der Waals surface area contributed by atoms with Crippen molar-refractivity contribution in [2.45, 2.75) is 19.8 Å². The highest BCUT2D eigenvalue weighted by Gasteiger charge is 2.06. The molecule has 6 heteroatoms. The molecule has 0 amide bonds. The van der Waals surface area contributed by atoms with Gasteiger partial charge in [0.05, 0.1) is 0 Å². The Balaban J connectivity index is 0. The molecule has 0 fully saturated rings. The van der Waals surface area contributed by atoms with Crippen LogP contribution in [0.25, 0.3) is 0 Å². The van der Waals surface area contributed by atoms with E-state index in [9.17, 15) is 0 Å². The van der Waals surface area contributed by atoms with Gasteiger partial charge >= 0.3 is 0 Å². The van der Waals surface area contributed by atoms with Gasteiger partial charge in [-0.25, -0.2) is 0 Å². The van der Waals surface area contributed by atoms with Crippen LogP contribution in [0.4, 0.5) is 0 Å². The summed E-state index contributed by atoms with van der Waals surface area (Å²) in [6, 6.07) is 0. The average molecular weight is 303 g/mol. The third kappa shape index (κ3) is 17.4. The molecule has 0 aromatic heterocycles. The van der Waals surface area contributed by atoms with Crippen LogP contribution in [0.5, 0.6) is 0 Å². The molecule has 0 rings (SSSR count). The van der Waals surface area contributed by atoms with Gasteiger partial charge in [0.2, 0.25) is 0 Å². The number of unbranched alkanes of at least 4 members (excludes halogenated alkanes) is 1. The van der Waals surface area contributed by atoms with Gasteiger partial charge in [-0.3, -0.25) is 9.80 Å². The van der Waals surface area contributed by atoms with Gasteiger partial charge in [0.15, 0.2) is 0 Å². The van der Waals surface area contributed by atoms with Crippen molar-refractivity contribution in [2.75, 3.05) is 65.4 Å². The summed E-state index contributed by atoms with van der Waals surface area (Å²) in [7, 11) is 0. The molecule has 0 aliphatic heterocycles. The number of hydrogen-bond donors (Lipinski definition) is 4. The van der Waals surface area contributed by atoms with E-state index in [-0.39, 0.29) is 0 Å². The summed E-state index contributed by atoms with van der Waals surface area (Å²) in [5.74, 6) is 0. The zero-order chi connectivity index (χ0) is 16.3. The lowest BCUT2D eigenvalue weighted by molar-refractivity contribution is 0.215. The first-order chi connectivity index (χ1) is 10.2. The molecule has 0 saturated carbocycles. The van der Waals surface area contributed by atoms with E-state index >= 15 is 0 Å². The molecule has 0 unspecified atom stereocenters. The normalized spacial score (nSPS) is 10.6. The molecule has 0 aromatic carbocycles. The molecule has 0 radical (unpaired) electrons. The van der Waals surface area contributed by atoms with Crippen LogP contribution in [0, 0.1) is 0 Å². The maximum atomic E-state index is 5.55. The quantitative estimate of drug-likeness (QED) is 0.338. The number of hydrogen-bond acceptors (Lipinski definition) is 6. The Morgan fingerprint density at radius 2 is 1.05 bits per heavy atom. The molecule has 128 valence electrons. The predicted molar refractivity (Wildman–Crippen MR) is 94.2 cm³/mol. The third-order valence-electron chi connectivity index (χ3n) is 3.01. The number of nitrogens with two attached hydrogens (primary N) is 4. The molecule has 0 aliphatic carbocycles. The Labute approximate surface area is 131 Å². The summed E-state index contributed by atoms with van der Waals surface area (Å²) in [4.78, 5) is 4.56. The first-order valence-corrected chi connectivity index (χ1v) is 8.05. The SMILES string of the molecule is C=CCCC.NCCN(CCN)CCN(CCN)CCN. The number of rotatable bonds is 13. The van der Waals surface area contributed by atoms with Crippen LogP contribution in [0.1, 0.15) is 19.8 Å². The molecule has 0 heterocycles. The van der Waals surface area contributed by atoms with Gasteiger partial charge in [-0.1, -0.05) is 19.4 Å². The predicted octanol–water partition coefficient (Wildman–Crippen LogP) is -0.602. The van der Waals surface area contributed by atoms with Crippen molar-refractivity contribution < 1.29 is 0 Å². The van der Waals surface area contributed by atoms with E-state index in [4.69, 9.17) is 22.9 Å². The van der Waals surface area contributed by atoms with Gasteiger partial charge < -0.3 is 22.9 Å². The highest BCUT2D eigenvalue weighted by atomic mass is 15.2. The summed E-state index contributed by atoms with van der Waals surface area (Å²) >= 11 is 0. The molecule has 8 N–H and O–H groups in total. The zero-order valence-electron chi connectivity index (χ0n) is 14.0. The minimum absolute atomic E-state index is 0.674. The van der Waals surface area contributed by atoms with Gasteiger partial charge in [-0.2, -0.15) is 0 Å². The van der Waals surface area contributed by atoms with Crippen LogP contribution in [0.2, 0.25) is 0 Å². The molecule has 0 saturated heterocycles. The van der Waals surface area contributed by atoms with Crippen LogP contribution < -0.4 is 22.9 Å². The van der Waals surface area contributed by atoms with Gasteiger partial charge in [0.25, 0.3) is 0 Å². The fourth-order valence-corrected chi connectivity index (χ4v) is 1.89. The van der Waals surface area contributed by atoms with E-state index in [1.165, 1.54) is 6.42 Å². The molecule has 0 aliphatic rings. The second kappa shape index (κ2) is 19.5. The lowest BCUT2D eigenvalue weighted by Gasteiger charge is -2.26. The fourth-order valence-electron chi connectivity index (χ4n) is 1.89. The summed E-state index contributed by atoms with van der Waals surface area (Å²) in [6.45, 7) is 13.9. The monoisotopic (exact) mass is 302 g/mol. The third-order valence-corrected chi connectivity index (χ3v) is 3.01. The molecule has 0 spiro atoms. The highest BCUT2D eigenvalue weighted by molar-refractivity contribution is 4.65. The minimum Gasteiger partial charge on any atom is -0.329 e. The van der Waals surface area contributed by atoms with Crippen LogP contribution in [-0.4, -0.2) is 75.2 Å². The van der Waals surface area contributed by atoms with Gasteiger partial charge in [0, 0.05) is 65.4 Å². The fraction of sp³-hybridized carbons (Fsp3) is 0.867. The Kier molecular flexibility index (Phi) is 21.1. The first kappa shape index (κ1) is 22.8. The lowest BCUT2D eigenvalue weighted by Crippen LogP contribution is -2.42. The molecule has 0 aromatic rings. The lowest BCUT2D eigenvalue weighted by atomic mass is 10.3. The van der Waals surface area contributed by atoms with Crippen LogP contribution in [-0.2, 0) is 0 Å². The van der Waals surface area contributed by atoms with Gasteiger partial charge in [0.1, 0.15) is 0 Å². The second-order valence-electron chi connectivity index (χ2n) is 4.92. The Hall–Kier alpha value is -0.500. The van der Waals surface area contributed by atoms with Crippen molar-refractivity contribution in [3.05, 3.63) is 12.7 Å². The van der Waals surface area contributed by atoms with Crippen molar-refractivity contribution in [3.8, 4) is 0 Å². The van der Waals surface area contributed by atoms with Crippen molar-refractivity contribution in [1.82, 2.24) is 9.80 Å². The van der Waals surface area contributed by atoms with E-state index in [1.54, 1.807) is 0 Å². The van der Waals surface area contributed by atoms with Crippen molar-refractivity contribution >= 4 is 0 Å². The second-order valence-corrected chi connectivity index (χ2v) is 4.92.